The number of rotatable bonds is 3. The first-order chi connectivity index (χ1) is 9.90. The van der Waals surface area contributed by atoms with E-state index in [9.17, 15) is 14.7 Å². The highest BCUT2D eigenvalue weighted by Gasteiger charge is 2.15. The molecule has 21 heavy (non-hydrogen) atoms. The van der Waals surface area contributed by atoms with Crippen molar-refractivity contribution in [2.75, 3.05) is 14.1 Å². The Bertz CT molecular complexity index is 705. The normalized spacial score (nSPS) is 10.2. The maximum Gasteiger partial charge on any atom is 0.335 e. The minimum absolute atomic E-state index is 0.112. The van der Waals surface area contributed by atoms with Crippen molar-refractivity contribution in [3.8, 4) is 11.1 Å². The quantitative estimate of drug-likeness (QED) is 0.941. The molecule has 108 valence electrons. The van der Waals surface area contributed by atoms with Crippen LogP contribution in [0.5, 0.6) is 0 Å². The number of carbonyl (C=O) groups is 2. The van der Waals surface area contributed by atoms with Gasteiger partial charge in [-0.1, -0.05) is 24.3 Å². The molecule has 0 aromatic heterocycles. The first-order valence-electron chi connectivity index (χ1n) is 6.56. The highest BCUT2D eigenvalue weighted by Crippen LogP contribution is 2.26. The van der Waals surface area contributed by atoms with Crippen LogP contribution in [0.1, 0.15) is 26.3 Å². The van der Waals surface area contributed by atoms with E-state index in [0.29, 0.717) is 5.56 Å². The van der Waals surface area contributed by atoms with Crippen molar-refractivity contribution in [3.05, 3.63) is 59.2 Å². The first-order valence-corrected chi connectivity index (χ1v) is 6.56. The van der Waals surface area contributed by atoms with Gasteiger partial charge >= 0.3 is 5.97 Å². The third-order valence-corrected chi connectivity index (χ3v) is 3.29. The number of carbonyl (C=O) groups excluding carboxylic acids is 1. The zero-order valence-electron chi connectivity index (χ0n) is 12.3. The molecule has 4 nitrogen and oxygen atoms in total. The molecule has 4 heteroatoms. The molecular weight excluding hydrogens is 266 g/mol. The highest BCUT2D eigenvalue weighted by atomic mass is 16.4. The fourth-order valence-electron chi connectivity index (χ4n) is 2.19. The topological polar surface area (TPSA) is 57.6 Å². The Hall–Kier alpha value is -2.62. The lowest BCUT2D eigenvalue weighted by atomic mass is 9.96. The third-order valence-electron chi connectivity index (χ3n) is 3.29. The number of hydrogen-bond donors (Lipinski definition) is 1. The van der Waals surface area contributed by atoms with Crippen molar-refractivity contribution in [1.29, 1.82) is 0 Å². The van der Waals surface area contributed by atoms with Gasteiger partial charge in [-0.3, -0.25) is 4.79 Å². The molecule has 0 atom stereocenters. The van der Waals surface area contributed by atoms with Gasteiger partial charge in [0.15, 0.2) is 0 Å². The van der Waals surface area contributed by atoms with Gasteiger partial charge < -0.3 is 10.0 Å². The number of carboxylic acids is 1. The molecule has 0 aliphatic rings. The van der Waals surface area contributed by atoms with Gasteiger partial charge in [0.1, 0.15) is 0 Å². The zero-order chi connectivity index (χ0) is 15.6. The Morgan fingerprint density at radius 3 is 2.19 bits per heavy atom. The lowest BCUT2D eigenvalue weighted by Gasteiger charge is -2.13. The Kier molecular flexibility index (Phi) is 4.08. The van der Waals surface area contributed by atoms with E-state index in [2.05, 4.69) is 0 Å². The summed E-state index contributed by atoms with van der Waals surface area (Å²) < 4.78 is 0. The second-order valence-electron chi connectivity index (χ2n) is 5.12. The molecule has 0 unspecified atom stereocenters. The molecule has 2 aromatic carbocycles. The fourth-order valence-corrected chi connectivity index (χ4v) is 2.19. The summed E-state index contributed by atoms with van der Waals surface area (Å²) in [4.78, 5) is 24.8. The van der Waals surface area contributed by atoms with E-state index in [1.54, 1.807) is 26.2 Å². The average Bonchev–Trinajstić information content (AvgIpc) is 2.46. The molecule has 0 saturated heterocycles. The number of aromatic carboxylic acids is 1. The van der Waals surface area contributed by atoms with Gasteiger partial charge in [0, 0.05) is 19.7 Å². The van der Waals surface area contributed by atoms with Crippen LogP contribution < -0.4 is 0 Å². The molecule has 0 radical (unpaired) electrons. The lowest BCUT2D eigenvalue weighted by Crippen LogP contribution is -2.22. The van der Waals surface area contributed by atoms with Crippen molar-refractivity contribution in [1.82, 2.24) is 4.90 Å². The van der Waals surface area contributed by atoms with Crippen molar-refractivity contribution >= 4 is 11.9 Å². The number of aryl methyl sites for hydroxylation is 1. The number of hydrogen-bond acceptors (Lipinski definition) is 2. The number of carboxylic acid groups (broad SMARTS) is 1. The SMILES string of the molecule is Cc1ccccc1-c1cc(C(=O)O)cc(C(=O)N(C)C)c1. The van der Waals surface area contributed by atoms with Crippen LogP contribution in [-0.4, -0.2) is 36.0 Å². The summed E-state index contributed by atoms with van der Waals surface area (Å²) in [5.41, 5.74) is 3.18. The highest BCUT2D eigenvalue weighted by molar-refractivity contribution is 5.99. The van der Waals surface area contributed by atoms with Crippen LogP contribution in [0.4, 0.5) is 0 Å². The van der Waals surface area contributed by atoms with Crippen LogP contribution in [-0.2, 0) is 0 Å². The molecular formula is C17H17NO3. The fraction of sp³-hybridized carbons (Fsp3) is 0.176. The van der Waals surface area contributed by atoms with Crippen molar-refractivity contribution in [2.45, 2.75) is 6.92 Å². The second-order valence-corrected chi connectivity index (χ2v) is 5.12. The summed E-state index contributed by atoms with van der Waals surface area (Å²) in [5, 5.41) is 9.25. The van der Waals surface area contributed by atoms with Gasteiger partial charge in [-0.2, -0.15) is 0 Å². The van der Waals surface area contributed by atoms with E-state index in [1.165, 1.54) is 11.0 Å². The third kappa shape index (κ3) is 3.11. The Balaban J connectivity index is 2.64. The Labute approximate surface area is 123 Å². The van der Waals surface area contributed by atoms with E-state index in [1.807, 2.05) is 31.2 Å². The predicted octanol–water partition coefficient (Wildman–Crippen LogP) is 3.06. The molecule has 0 aliphatic heterocycles. The molecule has 0 bridgehead atoms. The predicted molar refractivity (Wildman–Crippen MR) is 81.6 cm³/mol. The number of nitrogens with zero attached hydrogens (tertiary/aromatic N) is 1. The molecule has 1 amide bonds. The molecule has 2 rings (SSSR count). The maximum atomic E-state index is 12.1. The van der Waals surface area contributed by atoms with Crippen molar-refractivity contribution < 1.29 is 14.7 Å². The zero-order valence-corrected chi connectivity index (χ0v) is 12.3. The van der Waals surface area contributed by atoms with Gasteiger partial charge in [0.2, 0.25) is 0 Å². The van der Waals surface area contributed by atoms with E-state index in [0.717, 1.165) is 16.7 Å². The maximum absolute atomic E-state index is 12.1. The summed E-state index contributed by atoms with van der Waals surface area (Å²) >= 11 is 0. The van der Waals surface area contributed by atoms with Gasteiger partial charge in [-0.25, -0.2) is 4.79 Å². The summed E-state index contributed by atoms with van der Waals surface area (Å²) in [7, 11) is 3.28. The van der Waals surface area contributed by atoms with E-state index < -0.39 is 5.97 Å². The monoisotopic (exact) mass is 283 g/mol. The van der Waals surface area contributed by atoms with E-state index in [-0.39, 0.29) is 11.5 Å². The Morgan fingerprint density at radius 2 is 1.62 bits per heavy atom. The molecule has 0 spiro atoms. The first kappa shape index (κ1) is 14.8. The average molecular weight is 283 g/mol. The van der Waals surface area contributed by atoms with Gasteiger partial charge in [0.05, 0.1) is 5.56 Å². The van der Waals surface area contributed by atoms with E-state index in [4.69, 9.17) is 0 Å². The van der Waals surface area contributed by atoms with Crippen molar-refractivity contribution in [2.24, 2.45) is 0 Å². The number of benzene rings is 2. The van der Waals surface area contributed by atoms with Crippen molar-refractivity contribution in [3.63, 3.8) is 0 Å². The molecule has 0 heterocycles. The van der Waals surface area contributed by atoms with Crippen LogP contribution >= 0.6 is 0 Å². The van der Waals surface area contributed by atoms with Gasteiger partial charge in [-0.15, -0.1) is 0 Å². The molecule has 0 aliphatic carbocycles. The van der Waals surface area contributed by atoms with Gasteiger partial charge in [0.25, 0.3) is 5.91 Å². The van der Waals surface area contributed by atoms with Crippen LogP contribution in [0.25, 0.3) is 11.1 Å². The van der Waals surface area contributed by atoms with Crippen LogP contribution in [0.2, 0.25) is 0 Å². The van der Waals surface area contributed by atoms with Crippen LogP contribution in [0, 0.1) is 6.92 Å². The molecule has 2 aromatic rings. The standard InChI is InChI=1S/C17H17NO3/c1-11-6-4-5-7-15(11)12-8-13(16(19)18(2)3)10-14(9-12)17(20)21/h4-10H,1-3H3,(H,20,21). The largest absolute Gasteiger partial charge is 0.478 e. The second kappa shape index (κ2) is 5.79. The molecule has 1 N–H and O–H groups in total. The summed E-state index contributed by atoms with van der Waals surface area (Å²) in [6.07, 6.45) is 0. The summed E-state index contributed by atoms with van der Waals surface area (Å²) in [5.74, 6) is -1.26. The van der Waals surface area contributed by atoms with Crippen LogP contribution in [0.15, 0.2) is 42.5 Å². The number of amides is 1. The lowest BCUT2D eigenvalue weighted by molar-refractivity contribution is 0.0697. The minimum atomic E-state index is -1.04. The minimum Gasteiger partial charge on any atom is -0.478 e. The Morgan fingerprint density at radius 1 is 1.00 bits per heavy atom. The molecule has 0 fully saturated rings. The molecule has 0 saturated carbocycles. The van der Waals surface area contributed by atoms with Crippen LogP contribution in [0.3, 0.4) is 0 Å². The summed E-state index contributed by atoms with van der Waals surface area (Å²) in [6, 6.07) is 12.4. The van der Waals surface area contributed by atoms with E-state index >= 15 is 0 Å². The summed E-state index contributed by atoms with van der Waals surface area (Å²) in [6.45, 7) is 1.95. The smallest absolute Gasteiger partial charge is 0.335 e. The van der Waals surface area contributed by atoms with Gasteiger partial charge in [-0.05, 0) is 41.8 Å².